The molecule has 1 aromatic rings. The molecule has 0 aromatic heterocycles. The van der Waals surface area contributed by atoms with Gasteiger partial charge in [-0.2, -0.15) is 5.10 Å². The molecule has 3 nitrogen and oxygen atoms in total. The number of nitrogens with one attached hydrogen (secondary N) is 1. The molecule has 0 aliphatic heterocycles. The van der Waals surface area contributed by atoms with Crippen LogP contribution in [0.5, 0.6) is 0 Å². The Morgan fingerprint density at radius 3 is 2.90 bits per heavy atom. The van der Waals surface area contributed by atoms with Crippen LogP contribution in [0.2, 0.25) is 5.02 Å². The Bertz CT molecular complexity index is 631. The predicted octanol–water partition coefficient (Wildman–Crippen LogP) is 4.36. The summed E-state index contributed by atoms with van der Waals surface area (Å²) in [5.41, 5.74) is 6.27. The van der Waals surface area contributed by atoms with Crippen LogP contribution in [-0.4, -0.2) is 11.6 Å². The molecule has 0 fully saturated rings. The molecule has 0 saturated heterocycles. The number of rotatable bonds is 3. The van der Waals surface area contributed by atoms with Gasteiger partial charge in [0.25, 0.3) is 5.91 Å². The van der Waals surface area contributed by atoms with E-state index in [4.69, 9.17) is 11.6 Å². The summed E-state index contributed by atoms with van der Waals surface area (Å²) < 4.78 is 0. The number of hydrazone groups is 1. The van der Waals surface area contributed by atoms with Crippen LogP contribution < -0.4 is 5.43 Å². The van der Waals surface area contributed by atoms with E-state index in [1.54, 1.807) is 24.3 Å². The molecule has 4 heteroatoms. The van der Waals surface area contributed by atoms with Crippen molar-refractivity contribution in [2.45, 2.75) is 26.7 Å². The van der Waals surface area contributed by atoms with Crippen LogP contribution in [0.15, 0.2) is 53.2 Å². The van der Waals surface area contributed by atoms with Gasteiger partial charge in [-0.15, -0.1) is 0 Å². The highest BCUT2D eigenvalue weighted by Crippen LogP contribution is 2.26. The Labute approximate surface area is 130 Å². The van der Waals surface area contributed by atoms with Crippen LogP contribution in [-0.2, 0) is 0 Å². The number of hydrogen-bond acceptors (Lipinski definition) is 2. The number of allylic oxidation sites excluding steroid dienone is 3. The van der Waals surface area contributed by atoms with Gasteiger partial charge in [-0.1, -0.05) is 35.9 Å². The number of benzene rings is 1. The van der Waals surface area contributed by atoms with Crippen LogP contribution in [0, 0.1) is 5.92 Å². The molecule has 0 radical (unpaired) electrons. The van der Waals surface area contributed by atoms with E-state index in [1.807, 2.05) is 13.8 Å². The fourth-order valence-electron chi connectivity index (χ4n) is 2.24. The van der Waals surface area contributed by atoms with E-state index >= 15 is 0 Å². The summed E-state index contributed by atoms with van der Waals surface area (Å²) >= 11 is 5.88. The van der Waals surface area contributed by atoms with Gasteiger partial charge >= 0.3 is 0 Å². The summed E-state index contributed by atoms with van der Waals surface area (Å²) in [6.45, 7) is 8.05. The molecule has 1 unspecified atom stereocenters. The Morgan fingerprint density at radius 2 is 2.24 bits per heavy atom. The average Bonchev–Trinajstić information content (AvgIpc) is 2.45. The lowest BCUT2D eigenvalue weighted by atomic mass is 9.85. The maximum atomic E-state index is 12.0. The summed E-state index contributed by atoms with van der Waals surface area (Å²) in [6, 6.07) is 6.81. The van der Waals surface area contributed by atoms with Crippen molar-refractivity contribution >= 4 is 23.2 Å². The molecule has 1 atom stereocenters. The van der Waals surface area contributed by atoms with E-state index in [1.165, 1.54) is 0 Å². The first-order valence-corrected chi connectivity index (χ1v) is 7.30. The van der Waals surface area contributed by atoms with Crippen molar-refractivity contribution in [1.82, 2.24) is 5.43 Å². The molecule has 1 amide bonds. The molecule has 0 bridgehead atoms. The van der Waals surface area contributed by atoms with Crippen LogP contribution in [0.3, 0.4) is 0 Å². The summed E-state index contributed by atoms with van der Waals surface area (Å²) in [6.07, 6.45) is 3.95. The summed E-state index contributed by atoms with van der Waals surface area (Å²) in [5.74, 6) is 0.144. The van der Waals surface area contributed by atoms with E-state index in [9.17, 15) is 4.79 Å². The third-order valence-electron chi connectivity index (χ3n) is 3.68. The minimum atomic E-state index is -0.254. The monoisotopic (exact) mass is 302 g/mol. The molecule has 110 valence electrons. The maximum absolute atomic E-state index is 12.0. The molecule has 0 spiro atoms. The Kier molecular flexibility index (Phi) is 4.97. The molecule has 1 aliphatic rings. The van der Waals surface area contributed by atoms with Gasteiger partial charge in [0, 0.05) is 10.6 Å². The van der Waals surface area contributed by atoms with Gasteiger partial charge in [0.1, 0.15) is 0 Å². The summed E-state index contributed by atoms with van der Waals surface area (Å²) in [4.78, 5) is 12.0. The number of hydrogen-bond donors (Lipinski definition) is 1. The van der Waals surface area contributed by atoms with Crippen LogP contribution in [0.4, 0.5) is 0 Å². The van der Waals surface area contributed by atoms with Gasteiger partial charge in [-0.05, 0) is 56.4 Å². The largest absolute Gasteiger partial charge is 0.271 e. The normalized spacial score (nSPS) is 20.0. The predicted molar refractivity (Wildman–Crippen MR) is 87.6 cm³/mol. The zero-order chi connectivity index (χ0) is 15.4. The van der Waals surface area contributed by atoms with Gasteiger partial charge in [0.2, 0.25) is 0 Å². The second kappa shape index (κ2) is 6.72. The van der Waals surface area contributed by atoms with Crippen molar-refractivity contribution in [1.29, 1.82) is 0 Å². The third kappa shape index (κ3) is 4.05. The van der Waals surface area contributed by atoms with Gasteiger partial charge in [-0.3, -0.25) is 4.79 Å². The number of carbonyl (C=O) groups is 1. The first-order valence-electron chi connectivity index (χ1n) is 6.92. The standard InChI is InChI=1S/C17H19ClN2O/c1-11(2)13-8-7-12(3)16(10-13)19-20-17(21)14-5-4-6-15(18)9-14/h4-7,9,13H,1,8,10H2,2-3H3,(H,20,21)/b19-16+. The molecule has 21 heavy (non-hydrogen) atoms. The lowest BCUT2D eigenvalue weighted by Crippen LogP contribution is -2.23. The second-order valence-corrected chi connectivity index (χ2v) is 5.82. The van der Waals surface area contributed by atoms with Gasteiger partial charge in [0.05, 0.1) is 5.71 Å². The lowest BCUT2D eigenvalue weighted by Gasteiger charge is -2.22. The maximum Gasteiger partial charge on any atom is 0.271 e. The molecule has 2 rings (SSSR count). The highest BCUT2D eigenvalue weighted by molar-refractivity contribution is 6.30. The van der Waals surface area contributed by atoms with E-state index in [-0.39, 0.29) is 5.91 Å². The minimum Gasteiger partial charge on any atom is -0.267 e. The van der Waals surface area contributed by atoms with Crippen molar-refractivity contribution in [3.05, 3.63) is 58.7 Å². The molecule has 1 aliphatic carbocycles. The Morgan fingerprint density at radius 1 is 1.48 bits per heavy atom. The van der Waals surface area contributed by atoms with Crippen molar-refractivity contribution < 1.29 is 4.79 Å². The van der Waals surface area contributed by atoms with E-state index in [0.29, 0.717) is 16.5 Å². The number of halogens is 1. The first-order chi connectivity index (χ1) is 9.97. The number of carbonyl (C=O) groups excluding carboxylic acids is 1. The minimum absolute atomic E-state index is 0.254. The highest BCUT2D eigenvalue weighted by Gasteiger charge is 2.18. The smallest absolute Gasteiger partial charge is 0.267 e. The average molecular weight is 303 g/mol. The van der Waals surface area contributed by atoms with Crippen molar-refractivity contribution in [2.24, 2.45) is 11.0 Å². The van der Waals surface area contributed by atoms with Crippen molar-refractivity contribution in [3.8, 4) is 0 Å². The summed E-state index contributed by atoms with van der Waals surface area (Å²) in [7, 11) is 0. The van der Waals surface area contributed by atoms with Crippen LogP contribution >= 0.6 is 11.6 Å². The van der Waals surface area contributed by atoms with E-state index < -0.39 is 0 Å². The topological polar surface area (TPSA) is 41.5 Å². The second-order valence-electron chi connectivity index (χ2n) is 5.38. The van der Waals surface area contributed by atoms with Crippen LogP contribution in [0.25, 0.3) is 0 Å². The number of nitrogens with zero attached hydrogens (tertiary/aromatic N) is 1. The van der Waals surface area contributed by atoms with Gasteiger partial charge in [-0.25, -0.2) is 5.43 Å². The molecular weight excluding hydrogens is 284 g/mol. The molecule has 0 saturated carbocycles. The van der Waals surface area contributed by atoms with Gasteiger partial charge < -0.3 is 0 Å². The SMILES string of the molecule is C=C(C)C1CC=C(C)/C(=N/NC(=O)c2cccc(Cl)c2)C1. The Hall–Kier alpha value is -1.87. The highest BCUT2D eigenvalue weighted by atomic mass is 35.5. The first kappa shape index (κ1) is 15.5. The fraction of sp³-hybridized carbons (Fsp3) is 0.294. The lowest BCUT2D eigenvalue weighted by molar-refractivity contribution is 0.0954. The molecular formula is C17H19ClN2O. The van der Waals surface area contributed by atoms with E-state index in [2.05, 4.69) is 23.2 Å². The Balaban J connectivity index is 2.09. The molecule has 1 aromatic carbocycles. The van der Waals surface area contributed by atoms with E-state index in [0.717, 1.165) is 29.7 Å². The van der Waals surface area contributed by atoms with Gasteiger partial charge in [0.15, 0.2) is 0 Å². The zero-order valence-corrected chi connectivity index (χ0v) is 13.1. The number of amides is 1. The summed E-state index contributed by atoms with van der Waals surface area (Å²) in [5, 5.41) is 4.80. The molecule has 0 heterocycles. The van der Waals surface area contributed by atoms with Crippen molar-refractivity contribution in [2.75, 3.05) is 0 Å². The zero-order valence-electron chi connectivity index (χ0n) is 12.3. The van der Waals surface area contributed by atoms with Crippen LogP contribution in [0.1, 0.15) is 37.0 Å². The van der Waals surface area contributed by atoms with Crippen molar-refractivity contribution in [3.63, 3.8) is 0 Å². The third-order valence-corrected chi connectivity index (χ3v) is 3.91. The molecule has 1 N–H and O–H groups in total. The quantitative estimate of drug-likeness (QED) is 0.654. The fourth-order valence-corrected chi connectivity index (χ4v) is 2.43.